The molecular weight excluding hydrogens is 128 g/mol. The molecule has 0 unspecified atom stereocenters. The number of nitrogens with zero attached hydrogens (tertiary/aromatic N) is 2. The molecule has 0 atom stereocenters. The minimum atomic E-state index is -0.0266. The van der Waals surface area contributed by atoms with Crippen LogP contribution in [0.5, 0.6) is 0 Å². The number of aliphatic imine (C=N–C) groups is 1. The van der Waals surface area contributed by atoms with Gasteiger partial charge in [0.2, 0.25) is 0 Å². The van der Waals surface area contributed by atoms with Crippen molar-refractivity contribution < 1.29 is 4.79 Å². The minimum Gasteiger partial charge on any atom is -0.298 e. The minimum absolute atomic E-state index is 0.0266. The number of hydrogen-bond donors (Lipinski definition) is 0. The molecule has 0 aromatic carbocycles. The van der Waals surface area contributed by atoms with Gasteiger partial charge < -0.3 is 0 Å². The van der Waals surface area contributed by atoms with Gasteiger partial charge in [0.05, 0.1) is 12.9 Å². The van der Waals surface area contributed by atoms with E-state index in [0.717, 1.165) is 6.54 Å². The van der Waals surface area contributed by atoms with Crippen LogP contribution in [0.15, 0.2) is 17.1 Å². The predicted molar refractivity (Wildman–Crippen MR) is 39.9 cm³/mol. The second-order valence-electron chi connectivity index (χ2n) is 2.30. The van der Waals surface area contributed by atoms with Crippen molar-refractivity contribution in [2.24, 2.45) is 4.99 Å². The fourth-order valence-corrected chi connectivity index (χ4v) is 0.779. The van der Waals surface area contributed by atoms with Gasteiger partial charge in [-0.3, -0.25) is 14.7 Å². The maximum atomic E-state index is 11.1. The highest BCUT2D eigenvalue weighted by Gasteiger charge is 2.13. The lowest BCUT2D eigenvalue weighted by atomic mass is 10.3. The van der Waals surface area contributed by atoms with Crippen molar-refractivity contribution in [3.05, 3.63) is 12.2 Å². The van der Waals surface area contributed by atoms with Crippen LogP contribution in [0.2, 0.25) is 0 Å². The first-order valence-electron chi connectivity index (χ1n) is 3.18. The van der Waals surface area contributed by atoms with Crippen LogP contribution in [0.4, 0.5) is 0 Å². The Morgan fingerprint density at radius 3 is 2.90 bits per heavy atom. The fourth-order valence-electron chi connectivity index (χ4n) is 0.779. The number of amides is 1. The average molecular weight is 138 g/mol. The smallest absolute Gasteiger partial charge is 0.254 e. The van der Waals surface area contributed by atoms with Gasteiger partial charge in [-0.05, 0) is 6.92 Å². The Morgan fingerprint density at radius 1 is 1.80 bits per heavy atom. The molecule has 1 aliphatic heterocycles. The number of hydrogen-bond acceptors (Lipinski definition) is 2. The van der Waals surface area contributed by atoms with E-state index >= 15 is 0 Å². The second-order valence-corrected chi connectivity index (χ2v) is 2.30. The van der Waals surface area contributed by atoms with Gasteiger partial charge in [-0.2, -0.15) is 0 Å². The summed E-state index contributed by atoms with van der Waals surface area (Å²) >= 11 is 0. The van der Waals surface area contributed by atoms with E-state index in [4.69, 9.17) is 0 Å². The van der Waals surface area contributed by atoms with Gasteiger partial charge in [-0.25, -0.2) is 0 Å². The van der Waals surface area contributed by atoms with E-state index < -0.39 is 0 Å². The van der Waals surface area contributed by atoms with Crippen LogP contribution in [0.3, 0.4) is 0 Å². The first kappa shape index (κ1) is 6.99. The first-order chi connectivity index (χ1) is 4.72. The lowest BCUT2D eigenvalue weighted by molar-refractivity contribution is -0.122. The Labute approximate surface area is 60.1 Å². The Morgan fingerprint density at radius 2 is 2.50 bits per heavy atom. The van der Waals surface area contributed by atoms with Crippen molar-refractivity contribution in [1.29, 1.82) is 0 Å². The van der Waals surface area contributed by atoms with Crippen molar-refractivity contribution in [2.75, 3.05) is 13.1 Å². The number of rotatable bonds is 1. The summed E-state index contributed by atoms with van der Waals surface area (Å²) < 4.78 is 0. The number of carbonyl (C=O) groups is 1. The highest BCUT2D eigenvalue weighted by molar-refractivity contribution is 5.99. The molecule has 3 heteroatoms. The van der Waals surface area contributed by atoms with Gasteiger partial charge in [0.15, 0.2) is 0 Å². The van der Waals surface area contributed by atoms with Crippen LogP contribution in [-0.2, 0) is 4.79 Å². The third-order valence-electron chi connectivity index (χ3n) is 1.32. The third kappa shape index (κ3) is 1.23. The summed E-state index contributed by atoms with van der Waals surface area (Å²) in [5.74, 6) is -0.0266. The fraction of sp³-hybridized carbons (Fsp3) is 0.429. The van der Waals surface area contributed by atoms with E-state index in [0.29, 0.717) is 12.1 Å². The van der Waals surface area contributed by atoms with E-state index in [1.54, 1.807) is 18.2 Å². The van der Waals surface area contributed by atoms with Gasteiger partial charge in [-0.1, -0.05) is 6.58 Å². The second kappa shape index (κ2) is 2.64. The topological polar surface area (TPSA) is 32.7 Å². The quantitative estimate of drug-likeness (QED) is 0.484. The summed E-state index contributed by atoms with van der Waals surface area (Å²) in [6, 6.07) is 0. The van der Waals surface area contributed by atoms with Crippen molar-refractivity contribution in [3.63, 3.8) is 0 Å². The van der Waals surface area contributed by atoms with Gasteiger partial charge >= 0.3 is 0 Å². The van der Waals surface area contributed by atoms with Crippen LogP contribution < -0.4 is 0 Å². The summed E-state index contributed by atoms with van der Waals surface area (Å²) in [7, 11) is 0. The number of carbonyl (C=O) groups excluding carboxylic acids is 1. The molecule has 0 radical (unpaired) electrons. The zero-order chi connectivity index (χ0) is 7.56. The van der Waals surface area contributed by atoms with Crippen molar-refractivity contribution in [1.82, 2.24) is 4.90 Å². The molecule has 0 bridgehead atoms. The Balaban J connectivity index is 2.57. The van der Waals surface area contributed by atoms with Gasteiger partial charge in [-0.15, -0.1) is 0 Å². The van der Waals surface area contributed by atoms with E-state index in [2.05, 4.69) is 11.6 Å². The van der Waals surface area contributed by atoms with Crippen LogP contribution in [0.25, 0.3) is 0 Å². The summed E-state index contributed by atoms with van der Waals surface area (Å²) in [6.45, 7) is 6.67. The molecule has 1 heterocycles. The lowest BCUT2D eigenvalue weighted by Gasteiger charge is -2.09. The zero-order valence-corrected chi connectivity index (χ0v) is 6.00. The first-order valence-corrected chi connectivity index (χ1v) is 3.18. The Hall–Kier alpha value is -1.12. The van der Waals surface area contributed by atoms with Crippen LogP contribution >= 0.6 is 0 Å². The largest absolute Gasteiger partial charge is 0.298 e. The van der Waals surface area contributed by atoms with Crippen molar-refractivity contribution in [2.45, 2.75) is 6.92 Å². The van der Waals surface area contributed by atoms with E-state index in [1.165, 1.54) is 0 Å². The normalized spacial score (nSPS) is 15.9. The van der Waals surface area contributed by atoms with Crippen molar-refractivity contribution >= 4 is 12.2 Å². The molecule has 1 aliphatic rings. The monoisotopic (exact) mass is 138 g/mol. The molecule has 0 spiro atoms. The van der Waals surface area contributed by atoms with Gasteiger partial charge in [0.1, 0.15) is 0 Å². The Kier molecular flexibility index (Phi) is 1.85. The highest BCUT2D eigenvalue weighted by atomic mass is 16.2. The molecule has 1 amide bonds. The molecule has 10 heavy (non-hydrogen) atoms. The molecule has 0 aromatic rings. The van der Waals surface area contributed by atoms with Crippen LogP contribution in [-0.4, -0.2) is 30.2 Å². The van der Waals surface area contributed by atoms with E-state index in [9.17, 15) is 4.79 Å². The van der Waals surface area contributed by atoms with Crippen LogP contribution in [0, 0.1) is 0 Å². The summed E-state index contributed by atoms with van der Waals surface area (Å²) in [5.41, 5.74) is 0.563. The third-order valence-corrected chi connectivity index (χ3v) is 1.32. The molecule has 54 valence electrons. The van der Waals surface area contributed by atoms with Gasteiger partial charge in [0.25, 0.3) is 5.91 Å². The SMILES string of the molecule is C=C(C)C(=O)N1C=NCC1. The highest BCUT2D eigenvalue weighted by Crippen LogP contribution is 1.99. The molecule has 0 aromatic heterocycles. The standard InChI is InChI=1S/C7H10N2O/c1-6(2)7(10)9-4-3-8-5-9/h5H,1,3-4H2,2H3. The van der Waals surface area contributed by atoms with Crippen molar-refractivity contribution in [3.8, 4) is 0 Å². The average Bonchev–Trinajstić information content (AvgIpc) is 2.36. The molecular formula is C7H10N2O. The summed E-state index contributed by atoms with van der Waals surface area (Å²) in [6.07, 6.45) is 1.57. The molecule has 1 rings (SSSR count). The van der Waals surface area contributed by atoms with Crippen LogP contribution in [0.1, 0.15) is 6.92 Å². The molecule has 0 saturated heterocycles. The molecule has 0 saturated carbocycles. The maximum absolute atomic E-state index is 11.1. The summed E-state index contributed by atoms with van der Waals surface area (Å²) in [5, 5.41) is 0. The van der Waals surface area contributed by atoms with E-state index in [-0.39, 0.29) is 5.91 Å². The maximum Gasteiger partial charge on any atom is 0.254 e. The van der Waals surface area contributed by atoms with Gasteiger partial charge in [0, 0.05) is 12.1 Å². The molecule has 0 aliphatic carbocycles. The molecule has 0 fully saturated rings. The van der Waals surface area contributed by atoms with E-state index in [1.807, 2.05) is 0 Å². The molecule has 3 nitrogen and oxygen atoms in total. The predicted octanol–water partition coefficient (Wildman–Crippen LogP) is 0.433. The lowest BCUT2D eigenvalue weighted by Crippen LogP contribution is -2.27. The Bertz CT molecular complexity index is 196. The summed E-state index contributed by atoms with van der Waals surface area (Å²) in [4.78, 5) is 16.6. The molecule has 0 N–H and O–H groups in total. The zero-order valence-electron chi connectivity index (χ0n) is 6.00.